The molecule has 2 heterocycles. The van der Waals surface area contributed by atoms with Gasteiger partial charge in [-0.2, -0.15) is 0 Å². The fourth-order valence-electron chi connectivity index (χ4n) is 2.57. The van der Waals surface area contributed by atoms with Crippen LogP contribution >= 0.6 is 0 Å². The van der Waals surface area contributed by atoms with Gasteiger partial charge in [0.1, 0.15) is 0 Å². The lowest BCUT2D eigenvalue weighted by Gasteiger charge is -2.11. The Labute approximate surface area is 130 Å². The highest BCUT2D eigenvalue weighted by Gasteiger charge is 2.16. The molecule has 0 aromatic carbocycles. The van der Waals surface area contributed by atoms with E-state index in [0.29, 0.717) is 5.78 Å². The summed E-state index contributed by atoms with van der Waals surface area (Å²) < 4.78 is 1.61. The maximum atomic E-state index is 12.7. The minimum atomic E-state index is 0.0162. The maximum Gasteiger partial charge on any atom is 0.262 e. The Morgan fingerprint density at radius 1 is 1.55 bits per heavy atom. The molecule has 0 aliphatic heterocycles. The molecule has 0 saturated heterocycles. The van der Waals surface area contributed by atoms with E-state index >= 15 is 0 Å². The molecule has 0 bridgehead atoms. The standard InChI is InChI=1S/C18H23N3O/c1-6-9-10-14(8-3)15-11-21-17(22)16(12(4)7-2)13(5)19-18(21)20-15/h6,8-12H,1,7H2,2-5H3,(H,19,20)/b10-9-,14-8+. The van der Waals surface area contributed by atoms with Crippen molar-refractivity contribution in [1.29, 1.82) is 0 Å². The zero-order valence-corrected chi connectivity index (χ0v) is 13.7. The van der Waals surface area contributed by atoms with E-state index in [-0.39, 0.29) is 11.5 Å². The molecule has 0 radical (unpaired) electrons. The van der Waals surface area contributed by atoms with Crippen molar-refractivity contribution in [3.63, 3.8) is 0 Å². The monoisotopic (exact) mass is 297 g/mol. The topological polar surface area (TPSA) is 50.2 Å². The van der Waals surface area contributed by atoms with Gasteiger partial charge >= 0.3 is 0 Å². The Morgan fingerprint density at radius 2 is 2.27 bits per heavy atom. The number of hydrogen-bond acceptors (Lipinski definition) is 2. The fraction of sp³-hybridized carbons (Fsp3) is 0.333. The lowest BCUT2D eigenvalue weighted by atomic mass is 9.99. The zero-order valence-electron chi connectivity index (χ0n) is 13.7. The number of hydrogen-bond donors (Lipinski definition) is 1. The summed E-state index contributed by atoms with van der Waals surface area (Å²) in [5.74, 6) is 0.803. The lowest BCUT2D eigenvalue weighted by molar-refractivity contribution is 0.705. The number of rotatable bonds is 5. The molecular weight excluding hydrogens is 274 g/mol. The normalized spacial score (nSPS) is 13.9. The highest BCUT2D eigenvalue weighted by Crippen LogP contribution is 2.20. The van der Waals surface area contributed by atoms with E-state index in [0.717, 1.165) is 28.9 Å². The third kappa shape index (κ3) is 2.82. The Kier molecular flexibility index (Phi) is 4.81. The van der Waals surface area contributed by atoms with Crippen molar-refractivity contribution >= 4 is 11.4 Å². The molecule has 1 atom stereocenters. The van der Waals surface area contributed by atoms with E-state index in [9.17, 15) is 4.79 Å². The lowest BCUT2D eigenvalue weighted by Crippen LogP contribution is -2.22. The average molecular weight is 297 g/mol. The third-order valence-corrected chi connectivity index (χ3v) is 3.98. The molecule has 2 aromatic rings. The number of aromatic nitrogens is 3. The second-order valence-corrected chi connectivity index (χ2v) is 5.44. The number of aromatic amines is 1. The number of imidazole rings is 1. The summed E-state index contributed by atoms with van der Waals surface area (Å²) >= 11 is 0. The Morgan fingerprint density at radius 3 is 2.86 bits per heavy atom. The number of aryl methyl sites for hydroxylation is 1. The van der Waals surface area contributed by atoms with Crippen LogP contribution in [0.1, 0.15) is 50.1 Å². The van der Waals surface area contributed by atoms with Gasteiger partial charge in [-0.1, -0.05) is 44.7 Å². The van der Waals surface area contributed by atoms with Crippen LogP contribution in [-0.2, 0) is 0 Å². The van der Waals surface area contributed by atoms with Gasteiger partial charge in [0.2, 0.25) is 5.78 Å². The van der Waals surface area contributed by atoms with Gasteiger partial charge < -0.3 is 4.98 Å². The molecule has 22 heavy (non-hydrogen) atoms. The van der Waals surface area contributed by atoms with Gasteiger partial charge in [-0.25, -0.2) is 4.98 Å². The molecule has 116 valence electrons. The van der Waals surface area contributed by atoms with Gasteiger partial charge in [-0.15, -0.1) is 0 Å². The molecule has 0 saturated carbocycles. The zero-order chi connectivity index (χ0) is 16.3. The average Bonchev–Trinajstić information content (AvgIpc) is 2.91. The second kappa shape index (κ2) is 6.60. The van der Waals surface area contributed by atoms with Crippen molar-refractivity contribution in [3.8, 4) is 0 Å². The predicted molar refractivity (Wildman–Crippen MR) is 92.2 cm³/mol. The summed E-state index contributed by atoms with van der Waals surface area (Å²) in [6, 6.07) is 0. The summed E-state index contributed by atoms with van der Waals surface area (Å²) in [7, 11) is 0. The first kappa shape index (κ1) is 16.0. The summed E-state index contributed by atoms with van der Waals surface area (Å²) in [5.41, 5.74) is 3.48. The van der Waals surface area contributed by atoms with Gasteiger partial charge in [0.25, 0.3) is 5.56 Å². The summed E-state index contributed by atoms with van der Waals surface area (Å²) in [6.07, 6.45) is 10.2. The Bertz CT molecular complexity index is 806. The number of nitrogens with one attached hydrogen (secondary N) is 1. The predicted octanol–water partition coefficient (Wildman–Crippen LogP) is 3.99. The number of nitrogens with zero attached hydrogens (tertiary/aromatic N) is 2. The number of H-pyrrole nitrogens is 1. The molecule has 0 amide bonds. The van der Waals surface area contributed by atoms with Crippen molar-refractivity contribution in [2.75, 3.05) is 0 Å². The molecule has 0 fully saturated rings. The quantitative estimate of drug-likeness (QED) is 0.848. The van der Waals surface area contributed by atoms with Crippen molar-refractivity contribution in [1.82, 2.24) is 14.4 Å². The van der Waals surface area contributed by atoms with Crippen LogP contribution in [0.3, 0.4) is 0 Å². The van der Waals surface area contributed by atoms with Crippen LogP contribution < -0.4 is 5.56 Å². The van der Waals surface area contributed by atoms with Crippen LogP contribution in [0, 0.1) is 6.92 Å². The molecule has 1 unspecified atom stereocenters. The van der Waals surface area contributed by atoms with Gasteiger partial charge in [0, 0.05) is 17.5 Å². The van der Waals surface area contributed by atoms with Crippen LogP contribution in [0.2, 0.25) is 0 Å². The van der Waals surface area contributed by atoms with Crippen LogP contribution in [-0.4, -0.2) is 14.4 Å². The van der Waals surface area contributed by atoms with Gasteiger partial charge in [-0.3, -0.25) is 9.20 Å². The number of fused-ring (bicyclic) bond motifs is 1. The highest BCUT2D eigenvalue weighted by molar-refractivity contribution is 5.72. The van der Waals surface area contributed by atoms with Crippen molar-refractivity contribution in [2.24, 2.45) is 0 Å². The van der Waals surface area contributed by atoms with Crippen molar-refractivity contribution in [3.05, 3.63) is 64.4 Å². The first-order valence-electron chi connectivity index (χ1n) is 7.61. The van der Waals surface area contributed by atoms with Crippen LogP contribution in [0.15, 0.2) is 41.9 Å². The molecule has 0 spiro atoms. The van der Waals surface area contributed by atoms with Gasteiger partial charge in [0.15, 0.2) is 0 Å². The Balaban J connectivity index is 2.65. The third-order valence-electron chi connectivity index (χ3n) is 3.98. The molecule has 0 aliphatic carbocycles. The first-order chi connectivity index (χ1) is 10.5. The Hall–Kier alpha value is -2.36. The van der Waals surface area contributed by atoms with E-state index in [1.54, 1.807) is 16.7 Å². The molecule has 2 aromatic heterocycles. The second-order valence-electron chi connectivity index (χ2n) is 5.44. The largest absolute Gasteiger partial charge is 0.329 e. The molecule has 1 N–H and O–H groups in total. The van der Waals surface area contributed by atoms with Crippen molar-refractivity contribution in [2.45, 2.75) is 40.0 Å². The summed E-state index contributed by atoms with van der Waals surface area (Å²) in [6.45, 7) is 11.7. The van der Waals surface area contributed by atoms with E-state index in [1.807, 2.05) is 32.1 Å². The molecule has 2 rings (SSSR count). The van der Waals surface area contributed by atoms with Crippen LogP contribution in [0.25, 0.3) is 11.4 Å². The SMILES string of the molecule is C=C/C=C\C(=C/C)c1cn2c(=O)c(C(C)CC)c(C)[nH]c2n1. The fourth-order valence-corrected chi connectivity index (χ4v) is 2.57. The van der Waals surface area contributed by atoms with E-state index in [2.05, 4.69) is 30.4 Å². The van der Waals surface area contributed by atoms with Crippen LogP contribution in [0.4, 0.5) is 0 Å². The maximum absolute atomic E-state index is 12.7. The smallest absolute Gasteiger partial charge is 0.262 e. The van der Waals surface area contributed by atoms with Gasteiger partial charge in [-0.05, 0) is 31.8 Å². The molecular formula is C18H23N3O. The molecule has 0 aliphatic rings. The van der Waals surface area contributed by atoms with Gasteiger partial charge in [0.05, 0.1) is 5.69 Å². The van der Waals surface area contributed by atoms with Crippen molar-refractivity contribution < 1.29 is 0 Å². The minimum absolute atomic E-state index is 0.0162. The molecule has 4 nitrogen and oxygen atoms in total. The first-order valence-corrected chi connectivity index (χ1v) is 7.61. The number of allylic oxidation sites excluding steroid dienone is 5. The van der Waals surface area contributed by atoms with E-state index < -0.39 is 0 Å². The molecule has 4 heteroatoms. The summed E-state index contributed by atoms with van der Waals surface area (Å²) in [4.78, 5) is 20.5. The highest BCUT2D eigenvalue weighted by atomic mass is 16.1. The van der Waals surface area contributed by atoms with Crippen LogP contribution in [0.5, 0.6) is 0 Å². The van der Waals surface area contributed by atoms with E-state index in [4.69, 9.17) is 0 Å². The van der Waals surface area contributed by atoms with E-state index in [1.165, 1.54) is 0 Å². The minimum Gasteiger partial charge on any atom is -0.329 e. The summed E-state index contributed by atoms with van der Waals surface area (Å²) in [5, 5.41) is 0.